The van der Waals surface area contributed by atoms with Crippen LogP contribution in [0.5, 0.6) is 0 Å². The molecule has 0 spiro atoms. The van der Waals surface area contributed by atoms with E-state index in [4.69, 9.17) is 0 Å². The molecule has 3 aromatic rings. The Hall–Kier alpha value is -2.97. The number of fused-ring (bicyclic) bond motifs is 4. The fourth-order valence-corrected chi connectivity index (χ4v) is 5.51. The average molecular weight is 450 g/mol. The molecule has 3 atom stereocenters. The molecule has 1 saturated heterocycles. The van der Waals surface area contributed by atoms with E-state index < -0.39 is 0 Å². The van der Waals surface area contributed by atoms with Gasteiger partial charge in [-0.15, -0.1) is 0 Å². The molecule has 2 bridgehead atoms. The van der Waals surface area contributed by atoms with Crippen molar-refractivity contribution in [1.29, 1.82) is 0 Å². The van der Waals surface area contributed by atoms with E-state index in [9.17, 15) is 15.0 Å². The Kier molecular flexibility index (Phi) is 6.03. The molecule has 2 aromatic heterocycles. The van der Waals surface area contributed by atoms with Gasteiger partial charge in [-0.05, 0) is 55.6 Å². The number of nitrogens with one attached hydrogen (secondary N) is 1. The van der Waals surface area contributed by atoms with Crippen LogP contribution in [0.4, 0.5) is 5.82 Å². The number of aliphatic hydroxyl groups is 2. The van der Waals surface area contributed by atoms with E-state index >= 15 is 0 Å². The van der Waals surface area contributed by atoms with Gasteiger partial charge in [0, 0.05) is 19.3 Å². The highest BCUT2D eigenvalue weighted by atomic mass is 16.3. The van der Waals surface area contributed by atoms with E-state index in [-0.39, 0.29) is 24.7 Å². The SMILES string of the molecule is Cc1c(C(=O)N2C[C@@H]3CC[C@H](CC(O)C3)C2)cn2ncnc(N[C@H](CO)c3ccccc3)c12. The van der Waals surface area contributed by atoms with E-state index in [1.54, 1.807) is 10.7 Å². The van der Waals surface area contributed by atoms with Crippen LogP contribution in [0, 0.1) is 18.8 Å². The van der Waals surface area contributed by atoms with Crippen molar-refractivity contribution in [2.45, 2.75) is 44.8 Å². The smallest absolute Gasteiger partial charge is 0.255 e. The van der Waals surface area contributed by atoms with E-state index in [1.807, 2.05) is 42.2 Å². The highest BCUT2D eigenvalue weighted by Crippen LogP contribution is 2.34. The first-order valence-corrected chi connectivity index (χ1v) is 11.8. The minimum absolute atomic E-state index is 0.0130. The zero-order valence-electron chi connectivity index (χ0n) is 18.9. The van der Waals surface area contributed by atoms with Crippen molar-refractivity contribution in [2.24, 2.45) is 11.8 Å². The Morgan fingerprint density at radius 3 is 2.55 bits per heavy atom. The first kappa shape index (κ1) is 21.9. The summed E-state index contributed by atoms with van der Waals surface area (Å²) in [5.74, 6) is 1.29. The van der Waals surface area contributed by atoms with Gasteiger partial charge >= 0.3 is 0 Å². The number of anilines is 1. The lowest BCUT2D eigenvalue weighted by molar-refractivity contribution is 0.0583. The van der Waals surface area contributed by atoms with Crippen molar-refractivity contribution in [2.75, 3.05) is 25.0 Å². The number of aromatic nitrogens is 3. The van der Waals surface area contributed by atoms with Crippen LogP contribution in [0.1, 0.15) is 53.2 Å². The lowest BCUT2D eigenvalue weighted by Gasteiger charge is -2.30. The number of carbonyl (C=O) groups excluding carboxylic acids is 1. The Balaban J connectivity index is 1.45. The number of aryl methyl sites for hydroxylation is 1. The highest BCUT2D eigenvalue weighted by Gasteiger charge is 2.34. The van der Waals surface area contributed by atoms with Gasteiger partial charge in [-0.3, -0.25) is 4.79 Å². The fraction of sp³-hybridized carbons (Fsp3) is 0.480. The van der Waals surface area contributed by atoms with Gasteiger partial charge in [0.05, 0.1) is 24.3 Å². The quantitative estimate of drug-likeness (QED) is 0.554. The summed E-state index contributed by atoms with van der Waals surface area (Å²) in [7, 11) is 0. The molecular weight excluding hydrogens is 418 g/mol. The predicted molar refractivity (Wildman–Crippen MR) is 125 cm³/mol. The summed E-state index contributed by atoms with van der Waals surface area (Å²) in [6, 6.07) is 9.40. The number of hydrogen-bond donors (Lipinski definition) is 3. The molecule has 1 amide bonds. The van der Waals surface area contributed by atoms with E-state index in [0.29, 0.717) is 36.3 Å². The molecule has 3 heterocycles. The van der Waals surface area contributed by atoms with Gasteiger partial charge in [-0.2, -0.15) is 5.10 Å². The van der Waals surface area contributed by atoms with Gasteiger partial charge in [0.2, 0.25) is 0 Å². The van der Waals surface area contributed by atoms with Gasteiger partial charge < -0.3 is 20.4 Å². The monoisotopic (exact) mass is 449 g/mol. The normalized spacial score (nSPS) is 22.2. The van der Waals surface area contributed by atoms with Crippen LogP contribution in [0.15, 0.2) is 42.9 Å². The molecule has 5 rings (SSSR count). The summed E-state index contributed by atoms with van der Waals surface area (Å²) in [5.41, 5.74) is 3.14. The van der Waals surface area contributed by atoms with Crippen molar-refractivity contribution in [1.82, 2.24) is 19.5 Å². The van der Waals surface area contributed by atoms with Crippen LogP contribution >= 0.6 is 0 Å². The second kappa shape index (κ2) is 9.11. The summed E-state index contributed by atoms with van der Waals surface area (Å²) in [6.45, 7) is 3.22. The molecule has 8 heteroatoms. The first-order chi connectivity index (χ1) is 16.0. The van der Waals surface area contributed by atoms with Crippen molar-refractivity contribution < 1.29 is 15.0 Å². The number of nitrogens with zero attached hydrogens (tertiary/aromatic N) is 4. The maximum absolute atomic E-state index is 13.6. The maximum atomic E-state index is 13.6. The molecule has 1 aromatic carbocycles. The largest absolute Gasteiger partial charge is 0.394 e. The number of aliphatic hydroxyl groups excluding tert-OH is 2. The van der Waals surface area contributed by atoms with Gasteiger partial charge in [0.25, 0.3) is 5.91 Å². The minimum Gasteiger partial charge on any atom is -0.394 e. The fourth-order valence-electron chi connectivity index (χ4n) is 5.51. The Morgan fingerprint density at radius 2 is 1.88 bits per heavy atom. The third kappa shape index (κ3) is 4.32. The predicted octanol–water partition coefficient (Wildman–Crippen LogP) is 2.81. The van der Waals surface area contributed by atoms with E-state index in [1.165, 1.54) is 6.33 Å². The van der Waals surface area contributed by atoms with Gasteiger partial charge in [-0.25, -0.2) is 9.50 Å². The van der Waals surface area contributed by atoms with Crippen LogP contribution in [0.25, 0.3) is 5.52 Å². The van der Waals surface area contributed by atoms with E-state index in [0.717, 1.165) is 42.3 Å². The van der Waals surface area contributed by atoms with Crippen molar-refractivity contribution in [3.8, 4) is 0 Å². The lowest BCUT2D eigenvalue weighted by atomic mass is 9.96. The molecule has 174 valence electrons. The minimum atomic E-state index is -0.324. The Bertz CT molecular complexity index is 1120. The molecule has 0 unspecified atom stereocenters. The molecular formula is C25H31N5O3. The lowest BCUT2D eigenvalue weighted by Crippen LogP contribution is -2.40. The van der Waals surface area contributed by atoms with Crippen LogP contribution < -0.4 is 5.32 Å². The van der Waals surface area contributed by atoms with Crippen LogP contribution in [-0.4, -0.2) is 61.4 Å². The zero-order chi connectivity index (χ0) is 22.9. The number of likely N-dealkylation sites (tertiary alicyclic amines) is 1. The molecule has 2 aliphatic rings. The molecule has 3 N–H and O–H groups in total. The standard InChI is InChI=1S/C25H31N5O3/c1-16-21(25(33)29-11-17-7-8-18(12-29)10-20(32)9-17)13-30-23(16)24(26-15-27-30)28-22(14-31)19-5-3-2-4-6-19/h2-6,13,15,17-18,20,22,31-32H,7-12,14H2,1H3,(H,26,27,28)/t17-,18-,22-/m1/s1. The number of rotatable bonds is 5. The Labute approximate surface area is 193 Å². The van der Waals surface area contributed by atoms with Crippen molar-refractivity contribution >= 4 is 17.2 Å². The van der Waals surface area contributed by atoms with Gasteiger partial charge in [0.1, 0.15) is 11.8 Å². The molecule has 1 aliphatic heterocycles. The third-order valence-electron chi connectivity index (χ3n) is 7.19. The number of benzene rings is 1. The molecule has 2 fully saturated rings. The first-order valence-electron chi connectivity index (χ1n) is 11.8. The average Bonchev–Trinajstić information content (AvgIpc) is 2.93. The summed E-state index contributed by atoms with van der Waals surface area (Å²) >= 11 is 0. The summed E-state index contributed by atoms with van der Waals surface area (Å²) in [4.78, 5) is 20.0. The van der Waals surface area contributed by atoms with Crippen LogP contribution in [-0.2, 0) is 0 Å². The highest BCUT2D eigenvalue weighted by molar-refractivity contribution is 5.99. The van der Waals surface area contributed by atoms with E-state index in [2.05, 4.69) is 15.4 Å². The molecule has 0 radical (unpaired) electrons. The molecule has 1 saturated carbocycles. The number of hydrogen-bond acceptors (Lipinski definition) is 6. The maximum Gasteiger partial charge on any atom is 0.255 e. The summed E-state index contributed by atoms with van der Waals surface area (Å²) < 4.78 is 1.69. The van der Waals surface area contributed by atoms with Crippen molar-refractivity contribution in [3.63, 3.8) is 0 Å². The van der Waals surface area contributed by atoms with Crippen molar-refractivity contribution in [3.05, 3.63) is 59.5 Å². The second-order valence-electron chi connectivity index (χ2n) is 9.50. The van der Waals surface area contributed by atoms with Gasteiger partial charge in [0.15, 0.2) is 5.82 Å². The summed E-state index contributed by atoms with van der Waals surface area (Å²) in [5, 5.41) is 27.9. The molecule has 33 heavy (non-hydrogen) atoms. The number of amides is 1. The number of carbonyl (C=O) groups is 1. The second-order valence-corrected chi connectivity index (χ2v) is 9.50. The zero-order valence-corrected chi connectivity index (χ0v) is 18.9. The van der Waals surface area contributed by atoms with Crippen LogP contribution in [0.3, 0.4) is 0 Å². The molecule has 1 aliphatic carbocycles. The topological polar surface area (TPSA) is 103 Å². The van der Waals surface area contributed by atoms with Crippen LogP contribution in [0.2, 0.25) is 0 Å². The Morgan fingerprint density at radius 1 is 1.18 bits per heavy atom. The summed E-state index contributed by atoms with van der Waals surface area (Å²) in [6.07, 6.45) is 6.70. The van der Waals surface area contributed by atoms with Gasteiger partial charge in [-0.1, -0.05) is 30.3 Å². The third-order valence-corrected chi connectivity index (χ3v) is 7.19. The molecule has 8 nitrogen and oxygen atoms in total.